The topological polar surface area (TPSA) is 17.1 Å². The second kappa shape index (κ2) is 1.76. The SMILES string of the molecule is C[C](=O)[Sn+3]. The van der Waals surface area contributed by atoms with Crippen molar-refractivity contribution in [2.45, 2.75) is 6.92 Å². The van der Waals surface area contributed by atoms with Gasteiger partial charge in [0.15, 0.2) is 0 Å². The third-order valence-corrected chi connectivity index (χ3v) is 0. The number of carbonyl (C=O) groups is 1. The molecule has 0 saturated carbocycles. The Morgan fingerprint density at radius 2 is 2.00 bits per heavy atom. The van der Waals surface area contributed by atoms with E-state index in [1.54, 1.807) is 6.92 Å². The Labute approximate surface area is 38.5 Å². The van der Waals surface area contributed by atoms with Crippen molar-refractivity contribution in [1.29, 1.82) is 0 Å². The van der Waals surface area contributed by atoms with E-state index < -0.39 is 0 Å². The van der Waals surface area contributed by atoms with Gasteiger partial charge in [-0.1, -0.05) is 0 Å². The molecule has 0 unspecified atom stereocenters. The van der Waals surface area contributed by atoms with Crippen LogP contribution in [0.3, 0.4) is 0 Å². The number of rotatable bonds is 0. The van der Waals surface area contributed by atoms with E-state index in [-0.39, 0.29) is 3.80 Å². The summed E-state index contributed by atoms with van der Waals surface area (Å²) in [6.45, 7) is 1.57. The standard InChI is InChI=1S/C2H3O.Sn/c1-2-3;/h1H3;/q;+3. The van der Waals surface area contributed by atoms with Crippen molar-refractivity contribution < 1.29 is 4.79 Å². The summed E-state index contributed by atoms with van der Waals surface area (Å²) in [5.74, 6) is 0. The molecular weight excluding hydrogens is 159 g/mol. The van der Waals surface area contributed by atoms with Crippen LogP contribution in [0.15, 0.2) is 0 Å². The molecule has 1 nitrogen and oxygen atoms in total. The van der Waals surface area contributed by atoms with Crippen LogP contribution in [-0.2, 0) is 4.79 Å². The number of carbonyl (C=O) groups excluding carboxylic acids is 1. The minimum atomic E-state index is 0.257. The van der Waals surface area contributed by atoms with Gasteiger partial charge in [-0.2, -0.15) is 0 Å². The van der Waals surface area contributed by atoms with Crippen LogP contribution in [-0.4, -0.2) is 26.3 Å². The van der Waals surface area contributed by atoms with Gasteiger partial charge in [0.25, 0.3) is 0 Å². The Morgan fingerprint density at radius 3 is 2.00 bits per heavy atom. The first-order valence-corrected chi connectivity index (χ1v) is 2.38. The first-order valence-electron chi connectivity index (χ1n) is 0.954. The summed E-state index contributed by atoms with van der Waals surface area (Å²) in [5.41, 5.74) is 0. The zero-order chi connectivity index (χ0) is 3.58. The van der Waals surface area contributed by atoms with E-state index in [4.69, 9.17) is 0 Å². The van der Waals surface area contributed by atoms with Gasteiger partial charge in [0.2, 0.25) is 0 Å². The maximum absolute atomic E-state index is 9.48. The van der Waals surface area contributed by atoms with Crippen molar-refractivity contribution in [1.82, 2.24) is 0 Å². The average Bonchev–Trinajstić information content (AvgIpc) is 0.811. The molecule has 0 heterocycles. The summed E-state index contributed by atoms with van der Waals surface area (Å²) >= 11 is 0.998. The molecule has 18 valence electrons. The fraction of sp³-hybridized carbons (Fsp3) is 0.500. The monoisotopic (exact) mass is 163 g/mol. The molecule has 0 saturated heterocycles. The Morgan fingerprint density at radius 1 is 2.00 bits per heavy atom. The van der Waals surface area contributed by atoms with Gasteiger partial charge >= 0.3 is 38.0 Å². The van der Waals surface area contributed by atoms with Gasteiger partial charge in [0.05, 0.1) is 0 Å². The van der Waals surface area contributed by atoms with E-state index in [9.17, 15) is 4.79 Å². The minimum absolute atomic E-state index is 0.257. The summed E-state index contributed by atoms with van der Waals surface area (Å²) in [4.78, 5) is 9.48. The van der Waals surface area contributed by atoms with Gasteiger partial charge in [-0.3, -0.25) is 0 Å². The fourth-order valence-electron chi connectivity index (χ4n) is 0. The predicted molar refractivity (Wildman–Crippen MR) is 16.4 cm³/mol. The van der Waals surface area contributed by atoms with Crippen molar-refractivity contribution >= 4 is 26.3 Å². The number of hydrogen-bond donors (Lipinski definition) is 0. The van der Waals surface area contributed by atoms with Crippen molar-refractivity contribution in [3.63, 3.8) is 0 Å². The molecule has 4 heavy (non-hydrogen) atoms. The van der Waals surface area contributed by atoms with Crippen LogP contribution in [0.5, 0.6) is 0 Å². The quantitative estimate of drug-likeness (QED) is 0.446. The van der Waals surface area contributed by atoms with Gasteiger partial charge < -0.3 is 0 Å². The van der Waals surface area contributed by atoms with E-state index in [2.05, 4.69) is 0 Å². The Kier molecular flexibility index (Phi) is 1.96. The molecular formula is C2H3OSn+3. The summed E-state index contributed by atoms with van der Waals surface area (Å²) < 4.78 is 0.257. The molecule has 0 aromatic heterocycles. The molecule has 0 bridgehead atoms. The van der Waals surface area contributed by atoms with Gasteiger partial charge in [-0.15, -0.1) is 0 Å². The van der Waals surface area contributed by atoms with E-state index in [1.165, 1.54) is 0 Å². The molecule has 0 aromatic carbocycles. The molecule has 0 fully saturated rings. The molecule has 0 spiro atoms. The summed E-state index contributed by atoms with van der Waals surface area (Å²) in [7, 11) is 0. The molecule has 0 aliphatic carbocycles. The van der Waals surface area contributed by atoms with Crippen molar-refractivity contribution in [2.24, 2.45) is 0 Å². The van der Waals surface area contributed by atoms with Crippen LogP contribution in [0.4, 0.5) is 0 Å². The normalized spacial score (nSPS) is 6.75. The molecule has 0 N–H and O–H groups in total. The van der Waals surface area contributed by atoms with E-state index in [0.29, 0.717) is 0 Å². The second-order valence-electron chi connectivity index (χ2n) is 0.556. The van der Waals surface area contributed by atoms with Gasteiger partial charge in [0, 0.05) is 0 Å². The summed E-state index contributed by atoms with van der Waals surface area (Å²) in [5, 5.41) is 0. The predicted octanol–water partition coefficient (Wildman–Crippen LogP) is -0.299. The molecule has 2 heteroatoms. The second-order valence-corrected chi connectivity index (χ2v) is 2.57. The van der Waals surface area contributed by atoms with Gasteiger partial charge in [-0.05, 0) is 0 Å². The van der Waals surface area contributed by atoms with Gasteiger partial charge in [0.1, 0.15) is 0 Å². The summed E-state index contributed by atoms with van der Waals surface area (Å²) in [6, 6.07) is 0. The molecule has 0 atom stereocenters. The van der Waals surface area contributed by atoms with Crippen molar-refractivity contribution in [3.05, 3.63) is 0 Å². The van der Waals surface area contributed by atoms with E-state index >= 15 is 0 Å². The Bertz CT molecular complexity index is 29.0. The van der Waals surface area contributed by atoms with Crippen molar-refractivity contribution in [2.75, 3.05) is 0 Å². The maximum atomic E-state index is 9.48. The molecule has 0 aliphatic rings. The van der Waals surface area contributed by atoms with Crippen LogP contribution in [0.1, 0.15) is 6.92 Å². The molecule has 0 aromatic rings. The van der Waals surface area contributed by atoms with Crippen LogP contribution in [0, 0.1) is 0 Å². The molecule has 0 amide bonds. The first kappa shape index (κ1) is 4.47. The third kappa shape index (κ3) is 24.2. The van der Waals surface area contributed by atoms with Gasteiger partial charge in [-0.25, -0.2) is 0 Å². The fourth-order valence-corrected chi connectivity index (χ4v) is 0. The van der Waals surface area contributed by atoms with Crippen LogP contribution < -0.4 is 0 Å². The zero-order valence-electron chi connectivity index (χ0n) is 2.41. The van der Waals surface area contributed by atoms with Crippen molar-refractivity contribution in [3.8, 4) is 0 Å². The Hall–Kier alpha value is 0.469. The van der Waals surface area contributed by atoms with Crippen LogP contribution in [0.25, 0.3) is 0 Å². The molecule has 0 aliphatic heterocycles. The first-order chi connectivity index (χ1) is 1.73. The molecule has 0 radical (unpaired) electrons. The van der Waals surface area contributed by atoms with E-state index in [1.807, 2.05) is 0 Å². The molecule has 0 rings (SSSR count). The zero-order valence-corrected chi connectivity index (χ0v) is 5.26. The van der Waals surface area contributed by atoms with E-state index in [0.717, 1.165) is 22.5 Å². The Balaban J connectivity index is 2.80. The van der Waals surface area contributed by atoms with Crippen LogP contribution >= 0.6 is 0 Å². The number of hydrogen-bond acceptors (Lipinski definition) is 1. The third-order valence-electron chi connectivity index (χ3n) is 0. The average molecular weight is 162 g/mol. The van der Waals surface area contributed by atoms with Crippen LogP contribution in [0.2, 0.25) is 0 Å². The summed E-state index contributed by atoms with van der Waals surface area (Å²) in [6.07, 6.45) is 0.